The topological polar surface area (TPSA) is 53.1 Å². The summed E-state index contributed by atoms with van der Waals surface area (Å²) in [6.07, 6.45) is 8.73. The van der Waals surface area contributed by atoms with Crippen LogP contribution < -0.4 is 5.73 Å². The SMILES string of the molecule is CCOC1(C(N)Cc2ccn(C)n2)CCCCC1. The molecule has 0 amide bonds. The van der Waals surface area contributed by atoms with Crippen molar-refractivity contribution in [2.75, 3.05) is 6.61 Å². The van der Waals surface area contributed by atoms with Gasteiger partial charge in [0.05, 0.1) is 11.3 Å². The van der Waals surface area contributed by atoms with Gasteiger partial charge in [0.15, 0.2) is 0 Å². The van der Waals surface area contributed by atoms with E-state index < -0.39 is 0 Å². The highest BCUT2D eigenvalue weighted by Gasteiger charge is 2.38. The second-order valence-electron chi connectivity index (χ2n) is 5.35. The van der Waals surface area contributed by atoms with E-state index in [1.54, 1.807) is 0 Å². The van der Waals surface area contributed by atoms with Crippen LogP contribution in [0.15, 0.2) is 12.3 Å². The lowest BCUT2D eigenvalue weighted by Crippen LogP contribution is -2.52. The highest BCUT2D eigenvalue weighted by atomic mass is 16.5. The summed E-state index contributed by atoms with van der Waals surface area (Å²) in [7, 11) is 1.94. The van der Waals surface area contributed by atoms with Crippen LogP contribution in [0.1, 0.15) is 44.7 Å². The summed E-state index contributed by atoms with van der Waals surface area (Å²) in [5, 5.41) is 4.42. The van der Waals surface area contributed by atoms with Gasteiger partial charge in [-0.2, -0.15) is 5.10 Å². The highest BCUT2D eigenvalue weighted by molar-refractivity contribution is 5.06. The smallest absolute Gasteiger partial charge is 0.0836 e. The predicted molar refractivity (Wildman–Crippen MR) is 72.3 cm³/mol. The fourth-order valence-corrected chi connectivity index (χ4v) is 3.04. The van der Waals surface area contributed by atoms with Crippen LogP contribution in [0.5, 0.6) is 0 Å². The normalized spacial score (nSPS) is 20.8. The first-order valence-corrected chi connectivity index (χ1v) is 7.04. The zero-order valence-corrected chi connectivity index (χ0v) is 11.6. The molecule has 1 saturated carbocycles. The average molecular weight is 251 g/mol. The van der Waals surface area contributed by atoms with Crippen LogP contribution in [0.4, 0.5) is 0 Å². The van der Waals surface area contributed by atoms with Crippen LogP contribution in [0.3, 0.4) is 0 Å². The molecule has 0 aromatic carbocycles. The van der Waals surface area contributed by atoms with Crippen molar-refractivity contribution in [1.82, 2.24) is 9.78 Å². The molecule has 0 radical (unpaired) electrons. The first kappa shape index (κ1) is 13.6. The van der Waals surface area contributed by atoms with Crippen molar-refractivity contribution in [1.29, 1.82) is 0 Å². The van der Waals surface area contributed by atoms with Crippen molar-refractivity contribution in [2.24, 2.45) is 12.8 Å². The molecule has 1 aliphatic carbocycles. The van der Waals surface area contributed by atoms with Crippen molar-refractivity contribution in [3.8, 4) is 0 Å². The molecular weight excluding hydrogens is 226 g/mol. The molecule has 2 N–H and O–H groups in total. The summed E-state index contributed by atoms with van der Waals surface area (Å²) in [6, 6.07) is 2.09. The number of rotatable bonds is 5. The molecule has 1 aromatic heterocycles. The molecule has 1 aromatic rings. The van der Waals surface area contributed by atoms with Crippen LogP contribution in [0, 0.1) is 0 Å². The van der Waals surface area contributed by atoms with Gasteiger partial charge in [0, 0.05) is 32.3 Å². The fraction of sp³-hybridized carbons (Fsp3) is 0.786. The molecule has 102 valence electrons. The number of hydrogen-bond donors (Lipinski definition) is 1. The van der Waals surface area contributed by atoms with Gasteiger partial charge in [-0.1, -0.05) is 19.3 Å². The Labute approximate surface area is 110 Å². The number of aromatic nitrogens is 2. The number of nitrogens with zero attached hydrogens (tertiary/aromatic N) is 2. The molecule has 0 aliphatic heterocycles. The Morgan fingerprint density at radius 1 is 1.44 bits per heavy atom. The Balaban J connectivity index is 2.05. The fourth-order valence-electron chi connectivity index (χ4n) is 3.04. The highest BCUT2D eigenvalue weighted by Crippen LogP contribution is 2.34. The standard InChI is InChI=1S/C14H25N3O/c1-3-18-14(8-5-4-6-9-14)13(15)11-12-7-10-17(2)16-12/h7,10,13H,3-6,8-9,11,15H2,1-2H3. The van der Waals surface area contributed by atoms with Crippen LogP contribution >= 0.6 is 0 Å². The first-order valence-electron chi connectivity index (χ1n) is 7.04. The summed E-state index contributed by atoms with van der Waals surface area (Å²) in [5.41, 5.74) is 7.38. The third-order valence-corrected chi connectivity index (χ3v) is 4.01. The lowest BCUT2D eigenvalue weighted by molar-refractivity contribution is -0.0819. The molecule has 4 nitrogen and oxygen atoms in total. The zero-order valence-electron chi connectivity index (χ0n) is 11.6. The van der Waals surface area contributed by atoms with Gasteiger partial charge >= 0.3 is 0 Å². The van der Waals surface area contributed by atoms with Gasteiger partial charge in [-0.15, -0.1) is 0 Å². The van der Waals surface area contributed by atoms with Crippen LogP contribution in [0.25, 0.3) is 0 Å². The second kappa shape index (κ2) is 5.85. The molecule has 1 heterocycles. The Morgan fingerprint density at radius 2 is 2.17 bits per heavy atom. The van der Waals surface area contributed by atoms with Crippen LogP contribution in [-0.2, 0) is 18.2 Å². The van der Waals surface area contributed by atoms with Gasteiger partial charge < -0.3 is 10.5 Å². The summed E-state index contributed by atoms with van der Waals surface area (Å²) < 4.78 is 7.88. The van der Waals surface area contributed by atoms with Crippen molar-refractivity contribution >= 4 is 0 Å². The molecule has 0 bridgehead atoms. The van der Waals surface area contributed by atoms with Crippen molar-refractivity contribution in [2.45, 2.75) is 57.1 Å². The van der Waals surface area contributed by atoms with E-state index in [-0.39, 0.29) is 11.6 Å². The van der Waals surface area contributed by atoms with Gasteiger partial charge in [0.2, 0.25) is 0 Å². The van der Waals surface area contributed by atoms with E-state index in [2.05, 4.69) is 12.0 Å². The predicted octanol–water partition coefficient (Wildman–Crippen LogP) is 2.03. The molecule has 0 spiro atoms. The van der Waals surface area contributed by atoms with E-state index in [1.807, 2.05) is 24.0 Å². The lowest BCUT2D eigenvalue weighted by atomic mass is 9.78. The van der Waals surface area contributed by atoms with Gasteiger partial charge in [-0.25, -0.2) is 0 Å². The molecule has 0 saturated heterocycles. The van der Waals surface area contributed by atoms with Crippen molar-refractivity contribution in [3.05, 3.63) is 18.0 Å². The maximum absolute atomic E-state index is 6.44. The minimum absolute atomic E-state index is 0.0487. The maximum atomic E-state index is 6.44. The zero-order chi connectivity index (χ0) is 13.0. The largest absolute Gasteiger partial charge is 0.374 e. The molecule has 18 heavy (non-hydrogen) atoms. The Bertz CT molecular complexity index is 363. The third kappa shape index (κ3) is 2.93. The summed E-state index contributed by atoms with van der Waals surface area (Å²) >= 11 is 0. The second-order valence-corrected chi connectivity index (χ2v) is 5.35. The number of hydrogen-bond acceptors (Lipinski definition) is 3. The van der Waals surface area contributed by atoms with E-state index in [9.17, 15) is 0 Å². The van der Waals surface area contributed by atoms with Crippen molar-refractivity contribution in [3.63, 3.8) is 0 Å². The molecule has 1 fully saturated rings. The maximum Gasteiger partial charge on any atom is 0.0836 e. The first-order chi connectivity index (χ1) is 8.66. The average Bonchev–Trinajstić information content (AvgIpc) is 2.76. The number of ether oxygens (including phenoxy) is 1. The van der Waals surface area contributed by atoms with Crippen LogP contribution in [0.2, 0.25) is 0 Å². The molecule has 1 aliphatic rings. The monoisotopic (exact) mass is 251 g/mol. The van der Waals surface area contributed by atoms with Gasteiger partial charge in [-0.05, 0) is 25.8 Å². The Hall–Kier alpha value is -0.870. The molecule has 1 unspecified atom stereocenters. The Kier molecular flexibility index (Phi) is 4.40. The van der Waals surface area contributed by atoms with Crippen molar-refractivity contribution < 1.29 is 4.74 Å². The minimum atomic E-state index is -0.121. The van der Waals surface area contributed by atoms with Crippen LogP contribution in [-0.4, -0.2) is 28.0 Å². The molecular formula is C14H25N3O. The van der Waals surface area contributed by atoms with E-state index in [4.69, 9.17) is 10.5 Å². The third-order valence-electron chi connectivity index (χ3n) is 4.01. The van der Waals surface area contributed by atoms with Gasteiger partial charge in [-0.3, -0.25) is 4.68 Å². The summed E-state index contributed by atoms with van der Waals surface area (Å²) in [5.74, 6) is 0. The molecule has 2 rings (SSSR count). The van der Waals surface area contributed by atoms with E-state index in [0.717, 1.165) is 31.6 Å². The van der Waals surface area contributed by atoms with E-state index in [1.165, 1.54) is 19.3 Å². The van der Waals surface area contributed by atoms with E-state index >= 15 is 0 Å². The molecule has 4 heteroatoms. The lowest BCUT2D eigenvalue weighted by Gasteiger charge is -2.41. The Morgan fingerprint density at radius 3 is 2.72 bits per heavy atom. The summed E-state index contributed by atoms with van der Waals surface area (Å²) in [6.45, 7) is 2.81. The van der Waals surface area contributed by atoms with E-state index in [0.29, 0.717) is 0 Å². The van der Waals surface area contributed by atoms with Gasteiger partial charge in [0.25, 0.3) is 0 Å². The van der Waals surface area contributed by atoms with Gasteiger partial charge in [0.1, 0.15) is 0 Å². The number of nitrogens with two attached hydrogens (primary N) is 1. The number of aryl methyl sites for hydroxylation is 1. The summed E-state index contributed by atoms with van der Waals surface area (Å²) in [4.78, 5) is 0. The minimum Gasteiger partial charge on any atom is -0.374 e. The quantitative estimate of drug-likeness (QED) is 0.871. The molecule has 1 atom stereocenters.